The summed E-state index contributed by atoms with van der Waals surface area (Å²) in [7, 11) is -4.59. The van der Waals surface area contributed by atoms with E-state index in [-0.39, 0.29) is 34.4 Å². The first-order chi connectivity index (χ1) is 36.1. The third-order valence-electron chi connectivity index (χ3n) is 16.7. The topological polar surface area (TPSA) is 199 Å². The number of pyridine rings is 1. The van der Waals surface area contributed by atoms with Crippen molar-refractivity contribution in [1.29, 1.82) is 0 Å². The number of nitro benzene ring substituents is 1. The monoisotopic (exact) mass is 1030 g/mol. The lowest BCUT2D eigenvalue weighted by atomic mass is 9.59. The number of piperazine rings is 1. The number of carbonyl (C=O) groups is 1. The maximum Gasteiger partial charge on any atom is 0.293 e. The quantitative estimate of drug-likeness (QED) is 0.0559. The molecule has 75 heavy (non-hydrogen) atoms. The summed E-state index contributed by atoms with van der Waals surface area (Å²) in [5, 5.41) is 27.7. The van der Waals surface area contributed by atoms with Gasteiger partial charge in [0.2, 0.25) is 0 Å². The number of anilines is 2. The van der Waals surface area contributed by atoms with Gasteiger partial charge >= 0.3 is 0 Å². The van der Waals surface area contributed by atoms with Gasteiger partial charge < -0.3 is 29.5 Å². The molecule has 392 valence electrons. The van der Waals surface area contributed by atoms with Gasteiger partial charge in [0.05, 0.1) is 33.4 Å². The second-order valence-electron chi connectivity index (χ2n) is 22.1. The lowest BCUT2D eigenvalue weighted by molar-refractivity contribution is -0.384. The first kappa shape index (κ1) is 50.4. The number of aliphatic hydroxyl groups is 1. The van der Waals surface area contributed by atoms with E-state index in [4.69, 9.17) is 9.15 Å². The van der Waals surface area contributed by atoms with Crippen molar-refractivity contribution >= 4 is 55.0 Å². The molecule has 1 amide bonds. The van der Waals surface area contributed by atoms with Crippen LogP contribution in [0.15, 0.2) is 125 Å². The minimum Gasteiger partial charge on any atom is -0.464 e. The van der Waals surface area contributed by atoms with Crippen LogP contribution in [0, 0.1) is 21.4 Å². The minimum absolute atomic E-state index is 0.0294. The molecule has 2 saturated carbocycles. The number of hydrogen-bond acceptors (Lipinski definition) is 13. The zero-order chi connectivity index (χ0) is 52.1. The van der Waals surface area contributed by atoms with E-state index in [1.165, 1.54) is 34.2 Å². The summed E-state index contributed by atoms with van der Waals surface area (Å²) in [4.78, 5) is 40.6. The van der Waals surface area contributed by atoms with Crippen LogP contribution in [0.25, 0.3) is 22.0 Å². The summed E-state index contributed by atoms with van der Waals surface area (Å²) in [5.41, 5.74) is 5.80. The predicted molar refractivity (Wildman–Crippen MR) is 290 cm³/mol. The summed E-state index contributed by atoms with van der Waals surface area (Å²) in [6.07, 6.45) is 12.2. The third kappa shape index (κ3) is 10.6. The van der Waals surface area contributed by atoms with E-state index in [0.717, 1.165) is 101 Å². The van der Waals surface area contributed by atoms with Gasteiger partial charge in [0.15, 0.2) is 0 Å². The molecule has 2 saturated heterocycles. The number of furan rings is 1. The number of hydrogen-bond donors (Lipinski definition) is 4. The molecule has 17 heteroatoms. The molecule has 4 aromatic carbocycles. The molecular formula is C58H66N8O8S. The Kier molecular flexibility index (Phi) is 13.7. The summed E-state index contributed by atoms with van der Waals surface area (Å²) in [6.45, 7) is 12.3. The highest BCUT2D eigenvalue weighted by Crippen LogP contribution is 2.53. The number of nitrogens with one attached hydrogen (secondary N) is 3. The van der Waals surface area contributed by atoms with Crippen molar-refractivity contribution in [2.24, 2.45) is 11.3 Å². The maximum absolute atomic E-state index is 14.1. The van der Waals surface area contributed by atoms with Crippen LogP contribution in [-0.2, 0) is 16.6 Å². The fraction of sp³-hybridized carbons (Fsp3) is 0.414. The molecule has 2 aliphatic heterocycles. The smallest absolute Gasteiger partial charge is 0.293 e. The first-order valence-corrected chi connectivity index (χ1v) is 27.9. The van der Waals surface area contributed by atoms with Gasteiger partial charge in [-0.3, -0.25) is 24.7 Å². The number of aromatic nitrogens is 2. The van der Waals surface area contributed by atoms with Crippen LogP contribution in [0.2, 0.25) is 0 Å². The van der Waals surface area contributed by atoms with E-state index in [2.05, 4.69) is 91.0 Å². The average molecular weight is 1040 g/mol. The van der Waals surface area contributed by atoms with Gasteiger partial charge in [-0.05, 0) is 141 Å². The zero-order valence-corrected chi connectivity index (χ0v) is 43.7. The Morgan fingerprint density at radius 1 is 0.960 bits per heavy atom. The molecule has 0 radical (unpaired) electrons. The molecule has 4 aliphatic rings. The van der Waals surface area contributed by atoms with Crippen molar-refractivity contribution in [3.63, 3.8) is 0 Å². The van der Waals surface area contributed by atoms with Crippen molar-refractivity contribution in [3.05, 3.63) is 148 Å². The molecule has 11 rings (SSSR count). The molecule has 1 unspecified atom stereocenters. The van der Waals surface area contributed by atoms with Crippen molar-refractivity contribution in [3.8, 4) is 11.5 Å². The van der Waals surface area contributed by atoms with Crippen LogP contribution in [0.3, 0.4) is 0 Å². The van der Waals surface area contributed by atoms with Crippen LogP contribution in [0.5, 0.6) is 11.5 Å². The number of nitro groups is 1. The summed E-state index contributed by atoms with van der Waals surface area (Å²) >= 11 is 0. The Labute approximate surface area is 437 Å². The second kappa shape index (κ2) is 20.4. The molecule has 7 aromatic rings. The lowest BCUT2D eigenvalue weighted by Gasteiger charge is -2.58. The van der Waals surface area contributed by atoms with E-state index in [1.807, 2.05) is 25.1 Å². The highest BCUT2D eigenvalue weighted by atomic mass is 32.2. The molecule has 0 bridgehead atoms. The number of piperidine rings is 1. The summed E-state index contributed by atoms with van der Waals surface area (Å²) in [5.74, 6) is 0.160. The molecule has 1 spiro atoms. The molecule has 4 fully saturated rings. The molecule has 5 heterocycles. The number of amides is 1. The standard InChI is InChI=1S/C58H66N8O8S/c1-38(2)46-8-4-5-9-48(46)52-37-63(36-41-7-6-10-53-47(41)18-28-73-53)26-27-65(52)43-32-58(33-43)21-24-64(25-22-58)42-11-13-49(54(30-42)74-44-29-40-17-23-59-55(40)61-35-44)56(67)62-75(71,72)45-12-14-50(51(31-45)66(69)70)60-34-39-15-19-57(3,68)20-16-39/h4-14,17-18,23,28-31,35,38-39,43,52,60,68H,15-16,19-22,24-27,32-34,36-37H2,1-3H3,(H,59,61)(H,62,67). The average Bonchev–Trinajstić information content (AvgIpc) is 4.09. The fourth-order valence-corrected chi connectivity index (χ4v) is 13.3. The van der Waals surface area contributed by atoms with Gasteiger partial charge in [-0.1, -0.05) is 50.2 Å². The molecular weight excluding hydrogens is 969 g/mol. The largest absolute Gasteiger partial charge is 0.464 e. The van der Waals surface area contributed by atoms with Gasteiger partial charge in [0.25, 0.3) is 21.6 Å². The predicted octanol–water partition coefficient (Wildman–Crippen LogP) is 10.9. The zero-order valence-electron chi connectivity index (χ0n) is 42.8. The number of ether oxygens (including phenoxy) is 1. The van der Waals surface area contributed by atoms with Crippen LogP contribution in [0.4, 0.5) is 17.1 Å². The fourth-order valence-electron chi connectivity index (χ4n) is 12.4. The van der Waals surface area contributed by atoms with Crippen LogP contribution < -0.4 is 19.7 Å². The molecule has 16 nitrogen and oxygen atoms in total. The molecule has 1 atom stereocenters. The summed E-state index contributed by atoms with van der Waals surface area (Å²) < 4.78 is 42.0. The number of rotatable bonds is 15. The van der Waals surface area contributed by atoms with E-state index < -0.39 is 37.0 Å². The van der Waals surface area contributed by atoms with Gasteiger partial charge in [-0.25, -0.2) is 18.1 Å². The van der Waals surface area contributed by atoms with E-state index in [1.54, 1.807) is 36.9 Å². The SMILES string of the molecule is CC(C)c1ccccc1C1CN(Cc2cccc3occc23)CCN1C1CC2(CCN(c3ccc(C(=O)NS(=O)(=O)c4ccc(NCC5CCC(C)(O)CC5)c([N+](=O)[O-])c4)c(Oc4cnc5[nH]ccc5c4)c3)CC2)C1. The van der Waals surface area contributed by atoms with Crippen molar-refractivity contribution in [2.45, 2.75) is 107 Å². The van der Waals surface area contributed by atoms with Crippen molar-refractivity contribution in [1.82, 2.24) is 24.5 Å². The molecule has 2 aliphatic carbocycles. The van der Waals surface area contributed by atoms with E-state index in [9.17, 15) is 28.4 Å². The Morgan fingerprint density at radius 3 is 2.55 bits per heavy atom. The Balaban J connectivity index is 0.783. The van der Waals surface area contributed by atoms with E-state index >= 15 is 0 Å². The number of H-pyrrole nitrogens is 1. The normalized spacial score (nSPS) is 21.6. The second-order valence-corrected chi connectivity index (χ2v) is 23.8. The Hall–Kier alpha value is -6.79. The van der Waals surface area contributed by atoms with E-state index in [0.29, 0.717) is 42.7 Å². The summed E-state index contributed by atoms with van der Waals surface area (Å²) in [6, 6.07) is 30.6. The third-order valence-corrected chi connectivity index (χ3v) is 18.1. The minimum atomic E-state index is -4.59. The first-order valence-electron chi connectivity index (χ1n) is 26.4. The molecule has 3 aromatic heterocycles. The Morgan fingerprint density at radius 2 is 1.76 bits per heavy atom. The number of carbonyl (C=O) groups excluding carboxylic acids is 1. The van der Waals surface area contributed by atoms with Crippen molar-refractivity contribution in [2.75, 3.05) is 49.5 Å². The Bertz CT molecular complexity index is 3350. The maximum atomic E-state index is 14.1. The number of aromatic amines is 1. The lowest BCUT2D eigenvalue weighted by Crippen LogP contribution is -2.60. The number of fused-ring (bicyclic) bond motifs is 2. The van der Waals surface area contributed by atoms with Gasteiger partial charge in [0, 0.05) is 92.7 Å². The van der Waals surface area contributed by atoms with Crippen molar-refractivity contribution < 1.29 is 32.4 Å². The molecule has 4 N–H and O–H groups in total. The van der Waals surface area contributed by atoms with Gasteiger partial charge in [-0.2, -0.15) is 0 Å². The van der Waals surface area contributed by atoms with Crippen LogP contribution in [-0.4, -0.2) is 95.0 Å². The number of benzene rings is 4. The number of sulfonamides is 1. The number of nitrogens with zero attached hydrogens (tertiary/aromatic N) is 5. The highest BCUT2D eigenvalue weighted by molar-refractivity contribution is 7.90. The van der Waals surface area contributed by atoms with Gasteiger partial charge in [-0.15, -0.1) is 0 Å². The van der Waals surface area contributed by atoms with Crippen LogP contribution >= 0.6 is 0 Å². The van der Waals surface area contributed by atoms with Crippen LogP contribution in [0.1, 0.15) is 111 Å². The highest BCUT2D eigenvalue weighted by Gasteiger charge is 2.50. The van der Waals surface area contributed by atoms with Gasteiger partial charge in [0.1, 0.15) is 28.4 Å².